The molecule has 1 aromatic heterocycles. The lowest BCUT2D eigenvalue weighted by Gasteiger charge is -1.98. The Morgan fingerprint density at radius 3 is 2.36 bits per heavy atom. The second kappa shape index (κ2) is 6.41. The number of nitrogens with two attached hydrogens (primary N) is 1. The summed E-state index contributed by atoms with van der Waals surface area (Å²) in [6, 6.07) is 3.90. The molecule has 1 rings (SSSR count). The van der Waals surface area contributed by atoms with Gasteiger partial charge in [-0.1, -0.05) is 26.2 Å². The number of pyridine rings is 1. The minimum Gasteiger partial charge on any atom is -0.398 e. The van der Waals surface area contributed by atoms with Gasteiger partial charge < -0.3 is 5.73 Å². The van der Waals surface area contributed by atoms with E-state index in [0.29, 0.717) is 0 Å². The molecule has 0 aliphatic rings. The Kier molecular flexibility index (Phi) is 5.05. The van der Waals surface area contributed by atoms with Gasteiger partial charge in [-0.05, 0) is 6.42 Å². The van der Waals surface area contributed by atoms with E-state index in [1.807, 2.05) is 12.1 Å². The van der Waals surface area contributed by atoms with Crippen LogP contribution in [0.5, 0.6) is 0 Å². The number of nitrogens with zero attached hydrogens (tertiary/aromatic N) is 1. The fraction of sp³-hybridized carbons (Fsp3) is 0.583. The molecule has 2 heteroatoms. The van der Waals surface area contributed by atoms with E-state index in [0.717, 1.165) is 12.2 Å². The van der Waals surface area contributed by atoms with Gasteiger partial charge >= 0.3 is 0 Å². The van der Waals surface area contributed by atoms with Crippen molar-refractivity contribution < 1.29 is 4.57 Å². The van der Waals surface area contributed by atoms with Gasteiger partial charge in [-0.25, -0.2) is 4.57 Å². The number of aryl methyl sites for hydroxylation is 1. The molecule has 14 heavy (non-hydrogen) atoms. The third-order valence-corrected chi connectivity index (χ3v) is 2.44. The predicted molar refractivity (Wildman–Crippen MR) is 59.8 cm³/mol. The number of hydrogen-bond acceptors (Lipinski definition) is 1. The Bertz CT molecular complexity index is 241. The largest absolute Gasteiger partial charge is 0.398 e. The number of unbranched alkanes of at least 4 members (excludes halogenated alkanes) is 4. The quantitative estimate of drug-likeness (QED) is 0.546. The highest BCUT2D eigenvalue weighted by Crippen LogP contribution is 2.02. The average Bonchev–Trinajstić information content (AvgIpc) is 2.21. The number of aromatic nitrogens is 1. The van der Waals surface area contributed by atoms with Crippen molar-refractivity contribution in [2.45, 2.75) is 45.6 Å². The molecule has 0 aliphatic carbocycles. The van der Waals surface area contributed by atoms with Crippen molar-refractivity contribution in [1.29, 1.82) is 0 Å². The van der Waals surface area contributed by atoms with Gasteiger partial charge in [0.2, 0.25) is 0 Å². The van der Waals surface area contributed by atoms with Gasteiger partial charge in [0.1, 0.15) is 6.54 Å². The molecule has 0 fully saturated rings. The molecular weight excluding hydrogens is 172 g/mol. The molecule has 0 saturated carbocycles. The summed E-state index contributed by atoms with van der Waals surface area (Å²) < 4.78 is 2.20. The van der Waals surface area contributed by atoms with Gasteiger partial charge in [-0.3, -0.25) is 0 Å². The van der Waals surface area contributed by atoms with Crippen LogP contribution in [-0.4, -0.2) is 0 Å². The van der Waals surface area contributed by atoms with Gasteiger partial charge in [-0.2, -0.15) is 0 Å². The predicted octanol–water partition coefficient (Wildman–Crippen LogP) is 2.53. The normalized spacial score (nSPS) is 10.4. The van der Waals surface area contributed by atoms with Crippen molar-refractivity contribution in [2.75, 3.05) is 5.73 Å². The van der Waals surface area contributed by atoms with Crippen LogP contribution in [0, 0.1) is 0 Å². The molecule has 1 heterocycles. The standard InChI is InChI=1S/C12H20N2/c1-2-3-4-5-6-9-14-10-7-12(13)8-11-14/h7-8,10-11,13H,2-6,9H2,1H3/p+1. The van der Waals surface area contributed by atoms with E-state index in [1.165, 1.54) is 32.1 Å². The molecule has 2 nitrogen and oxygen atoms in total. The molecule has 78 valence electrons. The SMILES string of the molecule is CCCCCCC[n+]1ccc(N)cc1. The zero-order valence-electron chi connectivity index (χ0n) is 9.08. The van der Waals surface area contributed by atoms with Crippen molar-refractivity contribution in [3.63, 3.8) is 0 Å². The van der Waals surface area contributed by atoms with Gasteiger partial charge in [0.15, 0.2) is 12.4 Å². The lowest BCUT2D eigenvalue weighted by Crippen LogP contribution is -2.32. The molecule has 0 aliphatic heterocycles. The second-order valence-electron chi connectivity index (χ2n) is 3.78. The summed E-state index contributed by atoms with van der Waals surface area (Å²) in [5.41, 5.74) is 6.45. The first kappa shape index (κ1) is 11.0. The summed E-state index contributed by atoms with van der Waals surface area (Å²) >= 11 is 0. The number of anilines is 1. The van der Waals surface area contributed by atoms with Crippen LogP contribution >= 0.6 is 0 Å². The zero-order chi connectivity index (χ0) is 10.2. The topological polar surface area (TPSA) is 29.9 Å². The smallest absolute Gasteiger partial charge is 0.170 e. The number of rotatable bonds is 6. The van der Waals surface area contributed by atoms with Crippen LogP contribution in [0.15, 0.2) is 24.5 Å². The number of nitrogen functional groups attached to an aromatic ring is 1. The molecule has 0 bridgehead atoms. The van der Waals surface area contributed by atoms with Crippen molar-refractivity contribution in [3.05, 3.63) is 24.5 Å². The minimum absolute atomic E-state index is 0.840. The Hall–Kier alpha value is -1.05. The van der Waals surface area contributed by atoms with E-state index in [4.69, 9.17) is 5.73 Å². The van der Waals surface area contributed by atoms with Crippen LogP contribution in [0.1, 0.15) is 39.0 Å². The Morgan fingerprint density at radius 2 is 1.71 bits per heavy atom. The van der Waals surface area contributed by atoms with E-state index in [2.05, 4.69) is 23.9 Å². The third-order valence-electron chi connectivity index (χ3n) is 2.44. The van der Waals surface area contributed by atoms with Crippen LogP contribution < -0.4 is 10.3 Å². The first-order valence-electron chi connectivity index (χ1n) is 5.57. The van der Waals surface area contributed by atoms with Crippen molar-refractivity contribution >= 4 is 5.69 Å². The van der Waals surface area contributed by atoms with Crippen LogP contribution in [0.4, 0.5) is 5.69 Å². The molecule has 0 aromatic carbocycles. The molecule has 0 unspecified atom stereocenters. The van der Waals surface area contributed by atoms with Crippen molar-refractivity contribution in [3.8, 4) is 0 Å². The Morgan fingerprint density at radius 1 is 1.07 bits per heavy atom. The highest BCUT2D eigenvalue weighted by molar-refractivity contribution is 5.32. The minimum atomic E-state index is 0.840. The fourth-order valence-electron chi connectivity index (χ4n) is 1.52. The summed E-state index contributed by atoms with van der Waals surface area (Å²) in [7, 11) is 0. The molecule has 0 atom stereocenters. The highest BCUT2D eigenvalue weighted by Gasteiger charge is 1.98. The molecule has 2 N–H and O–H groups in total. The molecule has 0 radical (unpaired) electrons. The molecule has 0 spiro atoms. The first-order chi connectivity index (χ1) is 6.83. The van der Waals surface area contributed by atoms with Crippen LogP contribution in [0.25, 0.3) is 0 Å². The summed E-state index contributed by atoms with van der Waals surface area (Å²) in [5.74, 6) is 0. The summed E-state index contributed by atoms with van der Waals surface area (Å²) in [6.45, 7) is 3.36. The van der Waals surface area contributed by atoms with Gasteiger partial charge in [-0.15, -0.1) is 0 Å². The Labute approximate surface area is 86.8 Å². The van der Waals surface area contributed by atoms with E-state index in [9.17, 15) is 0 Å². The maximum atomic E-state index is 5.61. The highest BCUT2D eigenvalue weighted by atomic mass is 14.9. The fourth-order valence-corrected chi connectivity index (χ4v) is 1.52. The van der Waals surface area contributed by atoms with Crippen molar-refractivity contribution in [2.24, 2.45) is 0 Å². The van der Waals surface area contributed by atoms with Gasteiger partial charge in [0.05, 0.1) is 0 Å². The summed E-state index contributed by atoms with van der Waals surface area (Å²) in [5, 5.41) is 0. The molecule has 1 aromatic rings. The van der Waals surface area contributed by atoms with E-state index >= 15 is 0 Å². The molecular formula is C12H21N2+. The Balaban J connectivity index is 2.15. The van der Waals surface area contributed by atoms with E-state index in [1.54, 1.807) is 0 Å². The lowest BCUT2D eigenvalue weighted by atomic mass is 10.1. The third kappa shape index (κ3) is 4.26. The van der Waals surface area contributed by atoms with Crippen LogP contribution in [-0.2, 0) is 6.54 Å². The maximum Gasteiger partial charge on any atom is 0.170 e. The van der Waals surface area contributed by atoms with Crippen molar-refractivity contribution in [1.82, 2.24) is 0 Å². The first-order valence-corrected chi connectivity index (χ1v) is 5.57. The van der Waals surface area contributed by atoms with Crippen LogP contribution in [0.2, 0.25) is 0 Å². The van der Waals surface area contributed by atoms with Gasteiger partial charge in [0.25, 0.3) is 0 Å². The summed E-state index contributed by atoms with van der Waals surface area (Å²) in [6.07, 6.45) is 10.8. The monoisotopic (exact) mass is 193 g/mol. The van der Waals surface area contributed by atoms with Gasteiger partial charge in [0, 0.05) is 24.2 Å². The average molecular weight is 193 g/mol. The number of hydrogen-bond donors (Lipinski definition) is 1. The summed E-state index contributed by atoms with van der Waals surface area (Å²) in [4.78, 5) is 0. The zero-order valence-corrected chi connectivity index (χ0v) is 9.08. The maximum absolute atomic E-state index is 5.61. The second-order valence-corrected chi connectivity index (χ2v) is 3.78. The molecule has 0 amide bonds. The lowest BCUT2D eigenvalue weighted by molar-refractivity contribution is -0.697. The van der Waals surface area contributed by atoms with E-state index in [-0.39, 0.29) is 0 Å². The van der Waals surface area contributed by atoms with E-state index < -0.39 is 0 Å². The molecule has 0 saturated heterocycles. The van der Waals surface area contributed by atoms with Crippen LogP contribution in [0.3, 0.4) is 0 Å².